The first-order valence-electron chi connectivity index (χ1n) is 7.14. The van der Waals surface area contributed by atoms with E-state index in [2.05, 4.69) is 11.1 Å². The first kappa shape index (κ1) is 13.3. The van der Waals surface area contributed by atoms with Gasteiger partial charge in [-0.25, -0.2) is 4.98 Å². The summed E-state index contributed by atoms with van der Waals surface area (Å²) in [5, 5.41) is 2.92. The van der Waals surface area contributed by atoms with E-state index in [0.717, 1.165) is 22.8 Å². The predicted molar refractivity (Wildman–Crippen MR) is 86.4 cm³/mol. The standard InChI is InChI=1S/C17H14N2O2S/c1-11-18-13(10-22-11)15-6-7-16(21-15)17(20)19-9-8-12-4-2-3-5-14(12)19/h2-7,10H,8-9H2,1H3. The number of thiazole rings is 1. The Morgan fingerprint density at radius 2 is 2.14 bits per heavy atom. The first-order chi connectivity index (χ1) is 10.7. The van der Waals surface area contributed by atoms with Crippen molar-refractivity contribution in [2.45, 2.75) is 13.3 Å². The van der Waals surface area contributed by atoms with Gasteiger partial charge < -0.3 is 9.32 Å². The molecule has 4 nitrogen and oxygen atoms in total. The fraction of sp³-hybridized carbons (Fsp3) is 0.176. The van der Waals surface area contributed by atoms with Crippen LogP contribution in [0, 0.1) is 6.92 Å². The van der Waals surface area contributed by atoms with Crippen LogP contribution in [-0.4, -0.2) is 17.4 Å². The zero-order chi connectivity index (χ0) is 15.1. The highest BCUT2D eigenvalue weighted by Gasteiger charge is 2.27. The van der Waals surface area contributed by atoms with Crippen LogP contribution < -0.4 is 4.90 Å². The third-order valence-corrected chi connectivity index (χ3v) is 4.59. The number of amides is 1. The molecule has 5 heteroatoms. The molecule has 3 aromatic rings. The average molecular weight is 310 g/mol. The molecule has 0 unspecified atom stereocenters. The predicted octanol–water partition coefficient (Wildman–Crippen LogP) is 3.91. The van der Waals surface area contributed by atoms with E-state index in [9.17, 15) is 4.79 Å². The number of aromatic nitrogens is 1. The van der Waals surface area contributed by atoms with E-state index in [1.54, 1.807) is 22.3 Å². The minimum atomic E-state index is -0.0943. The molecule has 0 bridgehead atoms. The van der Waals surface area contributed by atoms with Crippen LogP contribution in [0.25, 0.3) is 11.5 Å². The monoisotopic (exact) mass is 310 g/mol. The van der Waals surface area contributed by atoms with Gasteiger partial charge in [0.25, 0.3) is 5.91 Å². The summed E-state index contributed by atoms with van der Waals surface area (Å²) in [6.45, 7) is 2.65. The number of furan rings is 1. The molecule has 4 rings (SSSR count). The number of carbonyl (C=O) groups excluding carboxylic acids is 1. The zero-order valence-electron chi connectivity index (χ0n) is 12.1. The van der Waals surface area contributed by atoms with E-state index in [-0.39, 0.29) is 5.91 Å². The molecular weight excluding hydrogens is 296 g/mol. The molecule has 1 amide bonds. The van der Waals surface area contributed by atoms with Crippen LogP contribution in [0.15, 0.2) is 46.2 Å². The molecule has 110 valence electrons. The molecule has 0 fully saturated rings. The number of para-hydroxylation sites is 1. The number of benzene rings is 1. The molecule has 22 heavy (non-hydrogen) atoms. The van der Waals surface area contributed by atoms with Crippen LogP contribution in [0.2, 0.25) is 0 Å². The van der Waals surface area contributed by atoms with Crippen molar-refractivity contribution in [3.05, 3.63) is 58.1 Å². The van der Waals surface area contributed by atoms with Crippen LogP contribution in [0.3, 0.4) is 0 Å². The summed E-state index contributed by atoms with van der Waals surface area (Å²) in [4.78, 5) is 18.8. The smallest absolute Gasteiger partial charge is 0.294 e. The van der Waals surface area contributed by atoms with E-state index >= 15 is 0 Å². The Morgan fingerprint density at radius 1 is 1.27 bits per heavy atom. The molecule has 1 aliphatic rings. The maximum absolute atomic E-state index is 12.7. The molecule has 0 atom stereocenters. The number of fused-ring (bicyclic) bond motifs is 1. The molecule has 0 aliphatic carbocycles. The highest BCUT2D eigenvalue weighted by Crippen LogP contribution is 2.30. The molecule has 0 saturated heterocycles. The lowest BCUT2D eigenvalue weighted by molar-refractivity contribution is 0.0963. The summed E-state index contributed by atoms with van der Waals surface area (Å²) < 4.78 is 5.73. The summed E-state index contributed by atoms with van der Waals surface area (Å²) in [6.07, 6.45) is 0.890. The van der Waals surface area contributed by atoms with E-state index in [1.807, 2.05) is 36.6 Å². The third-order valence-electron chi connectivity index (χ3n) is 3.82. The van der Waals surface area contributed by atoms with Gasteiger partial charge in [0.15, 0.2) is 11.5 Å². The highest BCUT2D eigenvalue weighted by molar-refractivity contribution is 7.09. The second-order valence-corrected chi connectivity index (χ2v) is 6.31. The minimum Gasteiger partial charge on any atom is -0.449 e. The van der Waals surface area contributed by atoms with Crippen molar-refractivity contribution in [1.82, 2.24) is 4.98 Å². The topological polar surface area (TPSA) is 46.3 Å². The van der Waals surface area contributed by atoms with E-state index in [0.29, 0.717) is 18.1 Å². The second kappa shape index (κ2) is 5.10. The molecule has 0 saturated carbocycles. The Bertz CT molecular complexity index is 850. The fourth-order valence-electron chi connectivity index (χ4n) is 2.75. The lowest BCUT2D eigenvalue weighted by Crippen LogP contribution is -2.28. The maximum Gasteiger partial charge on any atom is 0.294 e. The van der Waals surface area contributed by atoms with Crippen LogP contribution in [0.5, 0.6) is 0 Å². The molecule has 0 N–H and O–H groups in total. The maximum atomic E-state index is 12.7. The lowest BCUT2D eigenvalue weighted by Gasteiger charge is -2.15. The second-order valence-electron chi connectivity index (χ2n) is 5.25. The summed E-state index contributed by atoms with van der Waals surface area (Å²) >= 11 is 1.57. The summed E-state index contributed by atoms with van der Waals surface area (Å²) in [7, 11) is 0. The van der Waals surface area contributed by atoms with Crippen molar-refractivity contribution in [2.75, 3.05) is 11.4 Å². The highest BCUT2D eigenvalue weighted by atomic mass is 32.1. The summed E-state index contributed by atoms with van der Waals surface area (Å²) in [5.74, 6) is 0.903. The van der Waals surface area contributed by atoms with Crippen molar-refractivity contribution >= 4 is 22.9 Å². The average Bonchev–Trinajstić information content (AvgIpc) is 3.25. The number of hydrogen-bond acceptors (Lipinski definition) is 4. The quantitative estimate of drug-likeness (QED) is 0.721. The first-order valence-corrected chi connectivity index (χ1v) is 8.02. The molecule has 2 aromatic heterocycles. The summed E-state index contributed by atoms with van der Waals surface area (Å²) in [6, 6.07) is 11.5. The third kappa shape index (κ3) is 2.14. The molecule has 0 radical (unpaired) electrons. The van der Waals surface area contributed by atoms with Gasteiger partial charge in [-0.1, -0.05) is 18.2 Å². The van der Waals surface area contributed by atoms with Crippen LogP contribution in [0.1, 0.15) is 21.1 Å². The van der Waals surface area contributed by atoms with Gasteiger partial charge in [0.2, 0.25) is 0 Å². The largest absolute Gasteiger partial charge is 0.449 e. The Hall–Kier alpha value is -2.40. The molecule has 1 aliphatic heterocycles. The van der Waals surface area contributed by atoms with Gasteiger partial charge in [-0.3, -0.25) is 4.79 Å². The van der Waals surface area contributed by atoms with Crippen LogP contribution >= 0.6 is 11.3 Å². The Labute approximate surface area is 132 Å². The normalized spacial score (nSPS) is 13.4. The lowest BCUT2D eigenvalue weighted by atomic mass is 10.2. The minimum absolute atomic E-state index is 0.0943. The number of nitrogens with zero attached hydrogens (tertiary/aromatic N) is 2. The number of carbonyl (C=O) groups is 1. The van der Waals surface area contributed by atoms with Crippen LogP contribution in [0.4, 0.5) is 5.69 Å². The number of aryl methyl sites for hydroxylation is 1. The number of rotatable bonds is 2. The molecule has 1 aromatic carbocycles. The number of hydrogen-bond donors (Lipinski definition) is 0. The van der Waals surface area contributed by atoms with Gasteiger partial charge in [-0.2, -0.15) is 0 Å². The van der Waals surface area contributed by atoms with E-state index < -0.39 is 0 Å². The van der Waals surface area contributed by atoms with Gasteiger partial charge in [0.1, 0.15) is 5.69 Å². The zero-order valence-corrected chi connectivity index (χ0v) is 12.9. The molecule has 3 heterocycles. The van der Waals surface area contributed by atoms with Crippen molar-refractivity contribution in [2.24, 2.45) is 0 Å². The van der Waals surface area contributed by atoms with Gasteiger partial charge >= 0.3 is 0 Å². The van der Waals surface area contributed by atoms with Crippen LogP contribution in [-0.2, 0) is 6.42 Å². The van der Waals surface area contributed by atoms with Gasteiger partial charge in [-0.05, 0) is 37.1 Å². The Kier molecular flexibility index (Phi) is 3.08. The molecular formula is C17H14N2O2S. The van der Waals surface area contributed by atoms with Gasteiger partial charge in [0.05, 0.1) is 5.01 Å². The van der Waals surface area contributed by atoms with Crippen molar-refractivity contribution in [1.29, 1.82) is 0 Å². The summed E-state index contributed by atoms with van der Waals surface area (Å²) in [5.41, 5.74) is 2.97. The van der Waals surface area contributed by atoms with Gasteiger partial charge in [-0.15, -0.1) is 11.3 Å². The number of anilines is 1. The van der Waals surface area contributed by atoms with Crippen molar-refractivity contribution < 1.29 is 9.21 Å². The van der Waals surface area contributed by atoms with Crippen molar-refractivity contribution in [3.8, 4) is 11.5 Å². The Balaban J connectivity index is 1.63. The fourth-order valence-corrected chi connectivity index (χ4v) is 3.35. The Morgan fingerprint density at radius 3 is 2.95 bits per heavy atom. The van der Waals surface area contributed by atoms with E-state index in [1.165, 1.54) is 5.56 Å². The molecule has 0 spiro atoms. The van der Waals surface area contributed by atoms with Gasteiger partial charge in [0, 0.05) is 17.6 Å². The SMILES string of the molecule is Cc1nc(-c2ccc(C(=O)N3CCc4ccccc43)o2)cs1. The van der Waals surface area contributed by atoms with E-state index in [4.69, 9.17) is 4.42 Å². The van der Waals surface area contributed by atoms with Crippen molar-refractivity contribution in [3.63, 3.8) is 0 Å².